The van der Waals surface area contributed by atoms with Gasteiger partial charge in [0.05, 0.1) is 6.04 Å². The minimum absolute atomic E-state index is 0.143. The molecule has 0 amide bonds. The zero-order valence-corrected chi connectivity index (χ0v) is 15.8. The summed E-state index contributed by atoms with van der Waals surface area (Å²) in [4.78, 5) is 8.54. The number of nitrogen functional groups attached to an aromatic ring is 1. The molecule has 1 unspecified atom stereocenters. The Morgan fingerprint density at radius 2 is 1.92 bits per heavy atom. The van der Waals surface area contributed by atoms with Gasteiger partial charge in [-0.15, -0.1) is 0 Å². The molecule has 5 atom stereocenters. The van der Waals surface area contributed by atoms with Crippen molar-refractivity contribution in [3.8, 4) is 0 Å². The number of halogens is 1. The van der Waals surface area contributed by atoms with Crippen molar-refractivity contribution in [2.45, 2.75) is 68.6 Å². The number of ether oxygens (including phenoxy) is 2. The second kappa shape index (κ2) is 7.05. The number of nitrogens with one attached hydrogen (secondary N) is 1. The highest BCUT2D eigenvalue weighted by Crippen LogP contribution is 2.40. The topological polar surface area (TPSA) is 123 Å². The van der Waals surface area contributed by atoms with Crippen LogP contribution < -0.4 is 11.1 Å². The quantitative estimate of drug-likeness (QED) is 0.334. The van der Waals surface area contributed by atoms with E-state index in [1.165, 1.54) is 11.8 Å². The van der Waals surface area contributed by atoms with Gasteiger partial charge in [0.25, 0.3) is 0 Å². The molecule has 2 heterocycles. The van der Waals surface area contributed by atoms with E-state index in [2.05, 4.69) is 22.2 Å². The molecule has 0 radical (unpaired) electrons. The summed E-state index contributed by atoms with van der Waals surface area (Å²) in [6.45, 7) is 5.58. The number of anilines is 2. The van der Waals surface area contributed by atoms with E-state index in [-0.39, 0.29) is 10.8 Å². The Bertz CT molecular complexity index is 650. The van der Waals surface area contributed by atoms with E-state index in [4.69, 9.17) is 26.8 Å². The molecule has 1 aliphatic carbocycles. The number of nitrogens with zero attached hydrogens (tertiary/aromatic N) is 2. The number of fused-ring (bicyclic) bond motifs is 1. The van der Waals surface area contributed by atoms with Crippen molar-refractivity contribution in [3.05, 3.63) is 5.15 Å². The number of rotatable bonds is 5. The number of thioether (sulfide) groups is 1. The van der Waals surface area contributed by atoms with E-state index in [1.54, 1.807) is 13.8 Å². The van der Waals surface area contributed by atoms with Crippen LogP contribution in [0.25, 0.3) is 0 Å². The highest BCUT2D eigenvalue weighted by Gasteiger charge is 2.58. The summed E-state index contributed by atoms with van der Waals surface area (Å²) in [6.07, 6.45) is -2.37. The molecule has 8 nitrogen and oxygen atoms in total. The fourth-order valence-electron chi connectivity index (χ4n) is 3.08. The van der Waals surface area contributed by atoms with Crippen molar-refractivity contribution in [1.29, 1.82) is 0 Å². The first-order chi connectivity index (χ1) is 11.7. The second-order valence-corrected chi connectivity index (χ2v) is 8.04. The van der Waals surface area contributed by atoms with E-state index in [0.29, 0.717) is 11.0 Å². The molecule has 5 N–H and O–H groups in total. The summed E-state index contributed by atoms with van der Waals surface area (Å²) < 4.78 is 11.5. The summed E-state index contributed by atoms with van der Waals surface area (Å²) in [5, 5.41) is 24.3. The zero-order chi connectivity index (χ0) is 18.4. The maximum atomic E-state index is 10.4. The normalized spacial score (nSPS) is 33.4. The average Bonchev–Trinajstić information content (AvgIpc) is 2.97. The molecule has 10 heteroatoms. The summed E-state index contributed by atoms with van der Waals surface area (Å²) >= 11 is 7.57. The van der Waals surface area contributed by atoms with Crippen LogP contribution in [0.5, 0.6) is 0 Å². The Balaban J connectivity index is 1.85. The Labute approximate surface area is 155 Å². The molecule has 2 aliphatic rings. The predicted molar refractivity (Wildman–Crippen MR) is 95.7 cm³/mol. The second-order valence-electron chi connectivity index (χ2n) is 6.62. The van der Waals surface area contributed by atoms with Gasteiger partial charge in [0.15, 0.2) is 21.9 Å². The highest BCUT2D eigenvalue weighted by molar-refractivity contribution is 7.99. The van der Waals surface area contributed by atoms with Crippen molar-refractivity contribution in [2.24, 2.45) is 0 Å². The number of nitrogens with two attached hydrogens (primary N) is 1. The van der Waals surface area contributed by atoms with Gasteiger partial charge in [-0.25, -0.2) is 9.97 Å². The monoisotopic (exact) mass is 390 g/mol. The fourth-order valence-corrected chi connectivity index (χ4v) is 3.99. The van der Waals surface area contributed by atoms with Gasteiger partial charge in [-0.1, -0.05) is 30.3 Å². The molecule has 1 aromatic heterocycles. The third-order valence-electron chi connectivity index (χ3n) is 4.19. The lowest BCUT2D eigenvalue weighted by Gasteiger charge is -2.26. The van der Waals surface area contributed by atoms with Crippen molar-refractivity contribution in [1.82, 2.24) is 9.97 Å². The number of hydrogen-bond donors (Lipinski definition) is 4. The first-order valence-corrected chi connectivity index (χ1v) is 9.54. The predicted octanol–water partition coefficient (Wildman–Crippen LogP) is 1.25. The van der Waals surface area contributed by atoms with E-state index in [0.717, 1.165) is 12.2 Å². The average molecular weight is 391 g/mol. The summed E-state index contributed by atoms with van der Waals surface area (Å²) in [5.41, 5.74) is 6.17. The molecule has 0 aromatic carbocycles. The van der Waals surface area contributed by atoms with Gasteiger partial charge in [-0.3, -0.25) is 0 Å². The number of hydrogen-bond acceptors (Lipinski definition) is 9. The van der Waals surface area contributed by atoms with Gasteiger partial charge in [-0.05, 0) is 20.3 Å². The smallest absolute Gasteiger partial charge is 0.191 e. The molecule has 0 bridgehead atoms. The summed E-state index contributed by atoms with van der Waals surface area (Å²) in [5.74, 6) is 0.317. The first-order valence-electron chi connectivity index (χ1n) is 8.17. The Morgan fingerprint density at radius 1 is 1.24 bits per heavy atom. The summed E-state index contributed by atoms with van der Waals surface area (Å²) in [7, 11) is 0. The Hall–Kier alpha value is -0.840. The first kappa shape index (κ1) is 18.9. The van der Waals surface area contributed by atoms with Gasteiger partial charge in [0, 0.05) is 5.75 Å². The van der Waals surface area contributed by atoms with Gasteiger partial charge < -0.3 is 30.7 Å². The number of aromatic nitrogens is 2. The largest absolute Gasteiger partial charge is 0.393 e. The standard InChI is InChI=1S/C15H23ClN4O4S/c1-4-5-25-14-19-12(16)6(17)13(20-14)18-7-8(21)9(22)11-10(7)23-15(2,3)24-11/h7-11,21-22H,4-5,17H2,1-3H3,(H,18,19,20)/t7-,8+,9+,10?,11-/m1/s1. The molecule has 25 heavy (non-hydrogen) atoms. The maximum Gasteiger partial charge on any atom is 0.191 e. The van der Waals surface area contributed by atoms with E-state index >= 15 is 0 Å². The lowest BCUT2D eigenvalue weighted by molar-refractivity contribution is -0.174. The van der Waals surface area contributed by atoms with Crippen LogP contribution in [0.3, 0.4) is 0 Å². The van der Waals surface area contributed by atoms with Crippen LogP contribution in [0, 0.1) is 0 Å². The molecular formula is C15H23ClN4O4S. The molecule has 1 aromatic rings. The highest BCUT2D eigenvalue weighted by atomic mass is 35.5. The third-order valence-corrected chi connectivity index (χ3v) is 5.53. The maximum absolute atomic E-state index is 10.4. The van der Waals surface area contributed by atoms with Crippen LogP contribution in [0.4, 0.5) is 11.5 Å². The Morgan fingerprint density at radius 3 is 2.60 bits per heavy atom. The van der Waals surface area contributed by atoms with Gasteiger partial charge >= 0.3 is 0 Å². The molecule has 1 saturated carbocycles. The van der Waals surface area contributed by atoms with Gasteiger partial charge in [-0.2, -0.15) is 0 Å². The molecule has 3 rings (SSSR count). The summed E-state index contributed by atoms with van der Waals surface area (Å²) in [6, 6.07) is -0.640. The van der Waals surface area contributed by atoms with Crippen LogP contribution in [0.15, 0.2) is 5.16 Å². The minimum atomic E-state index is -1.09. The van der Waals surface area contributed by atoms with Crippen LogP contribution in [0.1, 0.15) is 27.2 Å². The number of aliphatic hydroxyl groups is 2. The van der Waals surface area contributed by atoms with E-state index in [9.17, 15) is 10.2 Å². The van der Waals surface area contributed by atoms with E-state index < -0.39 is 36.2 Å². The number of aliphatic hydroxyl groups excluding tert-OH is 2. The minimum Gasteiger partial charge on any atom is -0.393 e. The zero-order valence-electron chi connectivity index (χ0n) is 14.3. The molecule has 2 fully saturated rings. The Kier molecular flexibility index (Phi) is 5.34. The molecular weight excluding hydrogens is 368 g/mol. The van der Waals surface area contributed by atoms with Crippen LogP contribution in [-0.4, -0.2) is 62.2 Å². The van der Waals surface area contributed by atoms with E-state index in [1.807, 2.05) is 0 Å². The van der Waals surface area contributed by atoms with Crippen molar-refractivity contribution >= 4 is 34.9 Å². The molecule has 1 saturated heterocycles. The third kappa shape index (κ3) is 3.67. The van der Waals surface area contributed by atoms with Crippen molar-refractivity contribution in [3.63, 3.8) is 0 Å². The molecule has 1 aliphatic heterocycles. The lowest BCUT2D eigenvalue weighted by atomic mass is 10.1. The lowest BCUT2D eigenvalue weighted by Crippen LogP contribution is -2.42. The SMILES string of the molecule is CCCSc1nc(Cl)c(N)c(N[C@H]2C3OC(C)(C)O[C@@H]3[C@@H](O)[C@H]2O)n1. The van der Waals surface area contributed by atoms with Crippen molar-refractivity contribution < 1.29 is 19.7 Å². The van der Waals surface area contributed by atoms with Crippen LogP contribution >= 0.6 is 23.4 Å². The molecule has 140 valence electrons. The van der Waals surface area contributed by atoms with Crippen LogP contribution in [-0.2, 0) is 9.47 Å². The fraction of sp³-hybridized carbons (Fsp3) is 0.733. The van der Waals surface area contributed by atoms with Gasteiger partial charge in [0.1, 0.15) is 30.1 Å². The van der Waals surface area contributed by atoms with Crippen molar-refractivity contribution in [2.75, 3.05) is 16.8 Å². The van der Waals surface area contributed by atoms with Gasteiger partial charge in [0.2, 0.25) is 0 Å². The molecule has 0 spiro atoms. The van der Waals surface area contributed by atoms with Crippen LogP contribution in [0.2, 0.25) is 5.15 Å².